The molecule has 0 saturated carbocycles. The Morgan fingerprint density at radius 3 is 2.50 bits per heavy atom. The monoisotopic (exact) mass is 375 g/mol. The highest BCUT2D eigenvalue weighted by Crippen LogP contribution is 2.20. The van der Waals surface area contributed by atoms with Gasteiger partial charge >= 0.3 is 0 Å². The Balaban J connectivity index is 2.33. The predicted octanol–water partition coefficient (Wildman–Crippen LogP) is 3.52. The molecule has 1 aromatic carbocycles. The Kier molecular flexibility index (Phi) is 6.78. The van der Waals surface area contributed by atoms with Crippen LogP contribution in [0, 0.1) is 5.92 Å². The van der Waals surface area contributed by atoms with Gasteiger partial charge < -0.3 is 4.57 Å². The average molecular weight is 376 g/mol. The first-order chi connectivity index (χ1) is 12.2. The van der Waals surface area contributed by atoms with Crippen LogP contribution in [0.3, 0.4) is 0 Å². The van der Waals surface area contributed by atoms with Crippen molar-refractivity contribution in [3.05, 3.63) is 59.9 Å². The van der Waals surface area contributed by atoms with Gasteiger partial charge in [-0.1, -0.05) is 56.3 Å². The summed E-state index contributed by atoms with van der Waals surface area (Å²) in [4.78, 5) is 6.41. The fourth-order valence-corrected chi connectivity index (χ4v) is 4.48. The summed E-state index contributed by atoms with van der Waals surface area (Å²) in [6.45, 7) is 12.1. The fourth-order valence-electron chi connectivity index (χ4n) is 2.98. The molecule has 0 bridgehead atoms. The van der Waals surface area contributed by atoms with E-state index < -0.39 is 9.84 Å². The van der Waals surface area contributed by atoms with Crippen LogP contribution in [0.15, 0.2) is 53.8 Å². The molecule has 2 rings (SSSR count). The van der Waals surface area contributed by atoms with Crippen LogP contribution in [0.2, 0.25) is 0 Å². The molecule has 2 aromatic rings. The van der Waals surface area contributed by atoms with Gasteiger partial charge in [0, 0.05) is 19.6 Å². The van der Waals surface area contributed by atoms with E-state index in [1.807, 2.05) is 48.9 Å². The Bertz CT molecular complexity index is 839. The molecule has 5 nitrogen and oxygen atoms in total. The zero-order valence-corrected chi connectivity index (χ0v) is 17.0. The molecule has 1 heterocycles. The lowest BCUT2D eigenvalue weighted by atomic mass is 10.2. The third kappa shape index (κ3) is 5.54. The second-order valence-electron chi connectivity index (χ2n) is 7.41. The third-order valence-corrected chi connectivity index (χ3v) is 5.49. The lowest BCUT2D eigenvalue weighted by Gasteiger charge is -2.19. The van der Waals surface area contributed by atoms with Crippen molar-refractivity contribution in [1.82, 2.24) is 14.5 Å². The van der Waals surface area contributed by atoms with Crippen LogP contribution in [-0.2, 0) is 28.7 Å². The number of sulfone groups is 1. The number of likely N-dealkylation sites (N-methyl/N-ethyl adjacent to an activating group) is 1. The summed E-state index contributed by atoms with van der Waals surface area (Å²) >= 11 is 0. The average Bonchev–Trinajstić information content (AvgIpc) is 2.89. The summed E-state index contributed by atoms with van der Waals surface area (Å²) in [6.07, 6.45) is 1.69. The molecule has 1 aromatic heterocycles. The number of hydrogen-bond acceptors (Lipinski definition) is 4. The Morgan fingerprint density at radius 2 is 1.92 bits per heavy atom. The van der Waals surface area contributed by atoms with E-state index in [4.69, 9.17) is 0 Å². The Hall–Kier alpha value is -1.92. The SMILES string of the molecule is C=C(C)CN(C)Cc1cnc(S(=O)(=O)Cc2ccccc2)n1CC(C)C. The van der Waals surface area contributed by atoms with E-state index in [0.717, 1.165) is 23.4 Å². The summed E-state index contributed by atoms with van der Waals surface area (Å²) in [5.41, 5.74) is 2.75. The van der Waals surface area contributed by atoms with Crippen LogP contribution in [0.1, 0.15) is 32.0 Å². The molecule has 0 unspecified atom stereocenters. The second-order valence-corrected chi connectivity index (χ2v) is 9.29. The molecule has 0 saturated heterocycles. The molecule has 0 N–H and O–H groups in total. The lowest BCUT2D eigenvalue weighted by molar-refractivity contribution is 0.336. The highest BCUT2D eigenvalue weighted by atomic mass is 32.2. The van der Waals surface area contributed by atoms with E-state index in [2.05, 4.69) is 30.3 Å². The number of hydrogen-bond donors (Lipinski definition) is 0. The summed E-state index contributed by atoms with van der Waals surface area (Å²) < 4.78 is 27.8. The van der Waals surface area contributed by atoms with E-state index >= 15 is 0 Å². The van der Waals surface area contributed by atoms with E-state index in [1.165, 1.54) is 0 Å². The van der Waals surface area contributed by atoms with E-state index in [-0.39, 0.29) is 10.9 Å². The lowest BCUT2D eigenvalue weighted by Crippen LogP contribution is -2.23. The van der Waals surface area contributed by atoms with Gasteiger partial charge in [-0.3, -0.25) is 4.90 Å². The van der Waals surface area contributed by atoms with Gasteiger partial charge in [-0.2, -0.15) is 0 Å². The normalized spacial score (nSPS) is 12.1. The van der Waals surface area contributed by atoms with Crippen molar-refractivity contribution in [1.29, 1.82) is 0 Å². The molecule has 0 aliphatic carbocycles. The molecule has 142 valence electrons. The molecule has 0 atom stereocenters. The van der Waals surface area contributed by atoms with Crippen LogP contribution < -0.4 is 0 Å². The second kappa shape index (κ2) is 8.64. The van der Waals surface area contributed by atoms with Gasteiger partial charge in [0.15, 0.2) is 0 Å². The highest BCUT2D eigenvalue weighted by molar-refractivity contribution is 7.90. The van der Waals surface area contributed by atoms with E-state index in [0.29, 0.717) is 19.0 Å². The van der Waals surface area contributed by atoms with Crippen LogP contribution in [0.5, 0.6) is 0 Å². The molecule has 6 heteroatoms. The van der Waals surface area contributed by atoms with Crippen LogP contribution in [0.4, 0.5) is 0 Å². The first-order valence-corrected chi connectivity index (χ1v) is 10.5. The third-order valence-electron chi connectivity index (χ3n) is 3.90. The van der Waals surface area contributed by atoms with Gasteiger partial charge in [-0.05, 0) is 25.5 Å². The van der Waals surface area contributed by atoms with Crippen molar-refractivity contribution < 1.29 is 8.42 Å². The first-order valence-electron chi connectivity index (χ1n) is 8.83. The summed E-state index contributed by atoms with van der Waals surface area (Å²) in [7, 11) is -1.51. The van der Waals surface area contributed by atoms with Gasteiger partial charge in [0.05, 0.1) is 17.6 Å². The molecule has 0 radical (unpaired) electrons. The summed E-state index contributed by atoms with van der Waals surface area (Å²) in [5, 5.41) is 0.161. The maximum Gasteiger partial charge on any atom is 0.228 e. The van der Waals surface area contributed by atoms with Crippen molar-refractivity contribution in [2.75, 3.05) is 13.6 Å². The van der Waals surface area contributed by atoms with E-state index in [1.54, 1.807) is 6.20 Å². The molecule has 26 heavy (non-hydrogen) atoms. The van der Waals surface area contributed by atoms with Crippen molar-refractivity contribution in [3.63, 3.8) is 0 Å². The van der Waals surface area contributed by atoms with Gasteiger partial charge in [-0.15, -0.1) is 0 Å². The van der Waals surface area contributed by atoms with Gasteiger partial charge in [-0.25, -0.2) is 13.4 Å². The molecule has 0 aliphatic heterocycles. The maximum atomic E-state index is 13.0. The number of benzene rings is 1. The van der Waals surface area contributed by atoms with Crippen LogP contribution in [-0.4, -0.2) is 36.5 Å². The van der Waals surface area contributed by atoms with Crippen LogP contribution in [0.25, 0.3) is 0 Å². The maximum absolute atomic E-state index is 13.0. The molecular formula is C20H29N3O2S. The predicted molar refractivity (Wildman–Crippen MR) is 106 cm³/mol. The van der Waals surface area contributed by atoms with Crippen molar-refractivity contribution in [3.8, 4) is 0 Å². The zero-order chi connectivity index (χ0) is 19.3. The fraction of sp³-hybridized carbons (Fsp3) is 0.450. The van der Waals surface area contributed by atoms with Crippen LogP contribution >= 0.6 is 0 Å². The Labute approximate surface area is 157 Å². The minimum absolute atomic E-state index is 0.0377. The summed E-state index contributed by atoms with van der Waals surface area (Å²) in [6, 6.07) is 9.24. The molecule has 0 spiro atoms. The van der Waals surface area contributed by atoms with Gasteiger partial charge in [0.2, 0.25) is 15.0 Å². The van der Waals surface area contributed by atoms with Gasteiger partial charge in [0.25, 0.3) is 0 Å². The largest absolute Gasteiger partial charge is 0.317 e. The number of imidazole rings is 1. The molecule has 0 aliphatic rings. The molecule has 0 amide bonds. The molecular weight excluding hydrogens is 346 g/mol. The van der Waals surface area contributed by atoms with Gasteiger partial charge in [0.1, 0.15) is 0 Å². The first kappa shape index (κ1) is 20.4. The standard InChI is InChI=1S/C20H29N3O2S/c1-16(2)12-22(5)14-19-11-21-20(23(19)13-17(3)4)26(24,25)15-18-9-7-6-8-10-18/h6-11,17H,1,12-15H2,2-5H3. The zero-order valence-electron chi connectivity index (χ0n) is 16.1. The highest BCUT2D eigenvalue weighted by Gasteiger charge is 2.24. The number of aromatic nitrogens is 2. The smallest absolute Gasteiger partial charge is 0.228 e. The van der Waals surface area contributed by atoms with Crippen molar-refractivity contribution in [2.24, 2.45) is 5.92 Å². The summed E-state index contributed by atoms with van der Waals surface area (Å²) in [5.74, 6) is 0.282. The Morgan fingerprint density at radius 1 is 1.27 bits per heavy atom. The quantitative estimate of drug-likeness (QED) is 0.629. The number of rotatable bonds is 9. The number of nitrogens with zero attached hydrogens (tertiary/aromatic N) is 3. The van der Waals surface area contributed by atoms with Crippen molar-refractivity contribution in [2.45, 2.75) is 44.8 Å². The van der Waals surface area contributed by atoms with E-state index in [9.17, 15) is 8.42 Å². The topological polar surface area (TPSA) is 55.2 Å². The molecule has 0 fully saturated rings. The van der Waals surface area contributed by atoms with Crippen molar-refractivity contribution >= 4 is 9.84 Å². The minimum Gasteiger partial charge on any atom is -0.317 e. The minimum atomic E-state index is -3.51.